The van der Waals surface area contributed by atoms with Crippen molar-refractivity contribution in [2.75, 3.05) is 0 Å². The van der Waals surface area contributed by atoms with Gasteiger partial charge in [-0.3, -0.25) is 0 Å². The molecular formula is C17H12Cl2O2. The van der Waals surface area contributed by atoms with Crippen LogP contribution in [0.3, 0.4) is 0 Å². The molecular weight excluding hydrogens is 307 g/mol. The molecule has 0 bridgehead atoms. The van der Waals surface area contributed by atoms with Gasteiger partial charge in [-0.1, -0.05) is 59.6 Å². The minimum Gasteiger partial charge on any atom is -0.454 e. The number of halogens is 2. The molecule has 0 aromatic heterocycles. The van der Waals surface area contributed by atoms with Crippen LogP contribution in [0, 0.1) is 0 Å². The number of carbonyl (C=O) groups is 1. The van der Waals surface area contributed by atoms with E-state index in [0.29, 0.717) is 27.6 Å². The molecule has 1 fully saturated rings. The zero-order valence-electron chi connectivity index (χ0n) is 11.1. The lowest BCUT2D eigenvalue weighted by Gasteiger charge is -2.07. The van der Waals surface area contributed by atoms with Gasteiger partial charge in [0.05, 0.1) is 0 Å². The fourth-order valence-electron chi connectivity index (χ4n) is 2.32. The molecule has 0 aliphatic carbocycles. The fourth-order valence-corrected chi connectivity index (χ4v) is 2.83. The molecule has 2 aromatic carbocycles. The average Bonchev–Trinajstić information content (AvgIpc) is 2.85. The van der Waals surface area contributed by atoms with E-state index >= 15 is 0 Å². The first-order chi connectivity index (χ1) is 10.1. The van der Waals surface area contributed by atoms with Crippen molar-refractivity contribution in [3.63, 3.8) is 0 Å². The van der Waals surface area contributed by atoms with E-state index in [1.807, 2.05) is 30.3 Å². The molecule has 2 nitrogen and oxygen atoms in total. The van der Waals surface area contributed by atoms with E-state index in [9.17, 15) is 4.79 Å². The molecule has 21 heavy (non-hydrogen) atoms. The second kappa shape index (κ2) is 5.92. The Balaban J connectivity index is 1.91. The highest BCUT2D eigenvalue weighted by atomic mass is 35.5. The molecule has 0 spiro atoms. The van der Waals surface area contributed by atoms with Gasteiger partial charge in [-0.05, 0) is 23.8 Å². The van der Waals surface area contributed by atoms with E-state index in [4.69, 9.17) is 27.9 Å². The third kappa shape index (κ3) is 2.97. The third-order valence-electron chi connectivity index (χ3n) is 3.41. The van der Waals surface area contributed by atoms with Crippen LogP contribution in [0.15, 0.2) is 54.1 Å². The van der Waals surface area contributed by atoms with Crippen molar-refractivity contribution in [3.05, 3.63) is 75.3 Å². The van der Waals surface area contributed by atoms with Gasteiger partial charge in [0.1, 0.15) is 6.10 Å². The van der Waals surface area contributed by atoms with Gasteiger partial charge in [0.2, 0.25) is 0 Å². The Morgan fingerprint density at radius 2 is 1.67 bits per heavy atom. The number of hydrogen-bond donors (Lipinski definition) is 0. The molecule has 0 N–H and O–H groups in total. The molecule has 4 heteroatoms. The zero-order chi connectivity index (χ0) is 14.8. The molecule has 1 unspecified atom stereocenters. The predicted octanol–water partition coefficient (Wildman–Crippen LogP) is 5.07. The molecule has 0 saturated carbocycles. The molecule has 1 saturated heterocycles. The molecule has 1 aliphatic rings. The van der Waals surface area contributed by atoms with Gasteiger partial charge in [-0.2, -0.15) is 0 Å². The van der Waals surface area contributed by atoms with Gasteiger partial charge in [0.25, 0.3) is 0 Å². The molecule has 1 heterocycles. The monoisotopic (exact) mass is 318 g/mol. The maximum absolute atomic E-state index is 12.0. The predicted molar refractivity (Wildman–Crippen MR) is 84.3 cm³/mol. The van der Waals surface area contributed by atoms with Gasteiger partial charge >= 0.3 is 5.97 Å². The van der Waals surface area contributed by atoms with E-state index in [0.717, 1.165) is 5.56 Å². The lowest BCUT2D eigenvalue weighted by Crippen LogP contribution is -1.98. The lowest BCUT2D eigenvalue weighted by atomic mass is 10.0. The van der Waals surface area contributed by atoms with Crippen LogP contribution in [0.25, 0.3) is 6.08 Å². The van der Waals surface area contributed by atoms with Crippen molar-refractivity contribution in [2.45, 2.75) is 12.5 Å². The van der Waals surface area contributed by atoms with Gasteiger partial charge < -0.3 is 4.74 Å². The van der Waals surface area contributed by atoms with Crippen molar-refractivity contribution in [2.24, 2.45) is 0 Å². The Morgan fingerprint density at radius 1 is 1.00 bits per heavy atom. The minimum absolute atomic E-state index is 0.244. The fraction of sp³-hybridized carbons (Fsp3) is 0.118. The first kappa shape index (κ1) is 14.2. The van der Waals surface area contributed by atoms with Crippen LogP contribution in [-0.2, 0) is 9.53 Å². The van der Waals surface area contributed by atoms with Crippen LogP contribution in [0.5, 0.6) is 0 Å². The van der Waals surface area contributed by atoms with E-state index in [2.05, 4.69) is 0 Å². The molecule has 1 atom stereocenters. The first-order valence-electron chi connectivity index (χ1n) is 6.55. The normalized spacial score (nSPS) is 19.8. The van der Waals surface area contributed by atoms with Crippen LogP contribution in [-0.4, -0.2) is 5.97 Å². The first-order valence-corrected chi connectivity index (χ1v) is 7.31. The van der Waals surface area contributed by atoms with Crippen molar-refractivity contribution in [1.82, 2.24) is 0 Å². The lowest BCUT2D eigenvalue weighted by molar-refractivity contribution is -0.139. The number of ether oxygens (including phenoxy) is 1. The highest BCUT2D eigenvalue weighted by molar-refractivity contribution is 6.37. The minimum atomic E-state index is -0.320. The maximum Gasteiger partial charge on any atom is 0.334 e. The van der Waals surface area contributed by atoms with E-state index in [1.165, 1.54) is 0 Å². The molecule has 0 amide bonds. The Labute approximate surface area is 132 Å². The zero-order valence-corrected chi connectivity index (χ0v) is 12.6. The highest BCUT2D eigenvalue weighted by Crippen LogP contribution is 2.36. The standard InChI is InChI=1S/C17H12Cl2O2/c18-14-7-4-8-15(19)13(14)9-12-10-16(21-17(12)20)11-5-2-1-3-6-11/h1-9,16H,10H2/b12-9+. The van der Waals surface area contributed by atoms with E-state index < -0.39 is 0 Å². The number of rotatable bonds is 2. The quantitative estimate of drug-likeness (QED) is 0.571. The van der Waals surface area contributed by atoms with E-state index in [1.54, 1.807) is 24.3 Å². The van der Waals surface area contributed by atoms with Gasteiger partial charge in [-0.25, -0.2) is 4.79 Å². The van der Waals surface area contributed by atoms with Crippen LogP contribution in [0.4, 0.5) is 0 Å². The van der Waals surface area contributed by atoms with Crippen molar-refractivity contribution in [1.29, 1.82) is 0 Å². The summed E-state index contributed by atoms with van der Waals surface area (Å²) in [6.07, 6.45) is 1.99. The number of benzene rings is 2. The SMILES string of the molecule is O=C1OC(c2ccccc2)C/C1=C\c1c(Cl)cccc1Cl. The summed E-state index contributed by atoms with van der Waals surface area (Å²) in [5, 5.41) is 1.04. The second-order valence-corrected chi connectivity index (χ2v) is 5.63. The molecule has 3 rings (SSSR count). The summed E-state index contributed by atoms with van der Waals surface area (Å²) in [5.74, 6) is -0.320. The van der Waals surface area contributed by atoms with Crippen molar-refractivity contribution < 1.29 is 9.53 Å². The number of esters is 1. The van der Waals surface area contributed by atoms with E-state index in [-0.39, 0.29) is 12.1 Å². The van der Waals surface area contributed by atoms with Gasteiger partial charge in [0.15, 0.2) is 0 Å². The largest absolute Gasteiger partial charge is 0.454 e. The summed E-state index contributed by atoms with van der Waals surface area (Å²) in [6.45, 7) is 0. The van der Waals surface area contributed by atoms with Gasteiger partial charge in [0, 0.05) is 27.6 Å². The molecule has 1 aliphatic heterocycles. The summed E-state index contributed by atoms with van der Waals surface area (Å²) < 4.78 is 5.42. The molecule has 0 radical (unpaired) electrons. The maximum atomic E-state index is 12.0. The Morgan fingerprint density at radius 3 is 2.33 bits per heavy atom. The number of cyclic esters (lactones) is 1. The topological polar surface area (TPSA) is 26.3 Å². The second-order valence-electron chi connectivity index (χ2n) is 4.81. The summed E-state index contributed by atoms with van der Waals surface area (Å²) in [5.41, 5.74) is 2.22. The van der Waals surface area contributed by atoms with Gasteiger partial charge in [-0.15, -0.1) is 0 Å². The van der Waals surface area contributed by atoms with Crippen LogP contribution < -0.4 is 0 Å². The number of hydrogen-bond acceptors (Lipinski definition) is 2. The molecule has 106 valence electrons. The van der Waals surface area contributed by atoms with Crippen molar-refractivity contribution >= 4 is 35.2 Å². The third-order valence-corrected chi connectivity index (χ3v) is 4.07. The summed E-state index contributed by atoms with van der Waals surface area (Å²) >= 11 is 12.3. The summed E-state index contributed by atoms with van der Waals surface area (Å²) in [6, 6.07) is 14.9. The summed E-state index contributed by atoms with van der Waals surface area (Å²) in [7, 11) is 0. The van der Waals surface area contributed by atoms with Crippen LogP contribution in [0.1, 0.15) is 23.7 Å². The van der Waals surface area contributed by atoms with Crippen LogP contribution >= 0.6 is 23.2 Å². The Hall–Kier alpha value is -1.77. The Kier molecular flexibility index (Phi) is 4.00. The highest BCUT2D eigenvalue weighted by Gasteiger charge is 2.30. The average molecular weight is 319 g/mol. The smallest absolute Gasteiger partial charge is 0.334 e. The molecule has 2 aromatic rings. The number of carbonyl (C=O) groups excluding carboxylic acids is 1. The van der Waals surface area contributed by atoms with Crippen LogP contribution in [0.2, 0.25) is 10.0 Å². The summed E-state index contributed by atoms with van der Waals surface area (Å²) in [4.78, 5) is 12.0. The van der Waals surface area contributed by atoms with Crippen molar-refractivity contribution in [3.8, 4) is 0 Å². The Bertz CT molecular complexity index is 688.